The molecule has 5 rings (SSSR count). The lowest BCUT2D eigenvalue weighted by molar-refractivity contribution is 0.101. The quantitative estimate of drug-likeness (QED) is 0.491. The van der Waals surface area contributed by atoms with Gasteiger partial charge in [-0.2, -0.15) is 15.5 Å². The van der Waals surface area contributed by atoms with Gasteiger partial charge in [0.05, 0.1) is 35.4 Å². The fourth-order valence-corrected chi connectivity index (χ4v) is 5.43. The molecule has 2 aliphatic rings. The maximum absolute atomic E-state index is 13.5. The second-order valence-electron chi connectivity index (χ2n) is 8.19. The van der Waals surface area contributed by atoms with Gasteiger partial charge < -0.3 is 4.74 Å². The summed E-state index contributed by atoms with van der Waals surface area (Å²) in [7, 11) is -2.02. The molecule has 1 fully saturated rings. The lowest BCUT2D eigenvalue weighted by Gasteiger charge is -2.42. The number of aromatic nitrogens is 2. The number of hydrogen-bond acceptors (Lipinski definition) is 9. The van der Waals surface area contributed by atoms with Crippen LogP contribution in [0.5, 0.6) is 11.6 Å². The molecule has 0 bridgehead atoms. The fraction of sp³-hybridized carbons (Fsp3) is 0.217. The van der Waals surface area contributed by atoms with Gasteiger partial charge in [0.25, 0.3) is 5.92 Å². The number of halogens is 2. The van der Waals surface area contributed by atoms with E-state index in [9.17, 15) is 23.1 Å². The van der Waals surface area contributed by atoms with E-state index in [1.807, 2.05) is 6.07 Å². The van der Waals surface area contributed by atoms with E-state index in [4.69, 9.17) is 10.00 Å². The van der Waals surface area contributed by atoms with Crippen LogP contribution in [-0.4, -0.2) is 38.6 Å². The lowest BCUT2D eigenvalue weighted by Crippen LogP contribution is -2.33. The van der Waals surface area contributed by atoms with Gasteiger partial charge in [-0.3, -0.25) is 22.7 Å². The zero-order chi connectivity index (χ0) is 25.0. The topological polar surface area (TPSA) is 130 Å². The summed E-state index contributed by atoms with van der Waals surface area (Å²) in [5.41, 5.74) is 2.39. The highest BCUT2D eigenvalue weighted by atomic mass is 32.3. The van der Waals surface area contributed by atoms with E-state index in [0.717, 1.165) is 0 Å². The second kappa shape index (κ2) is 8.06. The van der Waals surface area contributed by atoms with Crippen LogP contribution in [0.25, 0.3) is 11.1 Å². The third kappa shape index (κ3) is 3.98. The summed E-state index contributed by atoms with van der Waals surface area (Å²) < 4.78 is 56.7. The number of ether oxygens (including phenoxy) is 1. The molecule has 1 atom stereocenters. The van der Waals surface area contributed by atoms with E-state index in [1.54, 1.807) is 36.4 Å². The van der Waals surface area contributed by atoms with Gasteiger partial charge in [0.2, 0.25) is 5.88 Å². The summed E-state index contributed by atoms with van der Waals surface area (Å²) in [5, 5.41) is 18.6. The number of rotatable bonds is 5. The first kappa shape index (κ1) is 22.8. The monoisotopic (exact) mass is 496 g/mol. The Bertz CT molecular complexity index is 1420. The van der Waals surface area contributed by atoms with Gasteiger partial charge >= 0.3 is 0 Å². The summed E-state index contributed by atoms with van der Waals surface area (Å²) in [6.45, 7) is -0.179. The third-order valence-electron chi connectivity index (χ3n) is 5.96. The molecule has 35 heavy (non-hydrogen) atoms. The van der Waals surface area contributed by atoms with E-state index in [0.29, 0.717) is 33.8 Å². The summed E-state index contributed by atoms with van der Waals surface area (Å²) >= 11 is 0. The maximum Gasteiger partial charge on any atom is 0.253 e. The van der Waals surface area contributed by atoms with Gasteiger partial charge in [0.15, 0.2) is 5.69 Å². The molecule has 1 aliphatic heterocycles. The normalized spacial score (nSPS) is 19.9. The molecule has 0 amide bonds. The van der Waals surface area contributed by atoms with Gasteiger partial charge in [-0.1, -0.05) is 6.07 Å². The Balaban J connectivity index is 1.50. The highest BCUT2D eigenvalue weighted by Crippen LogP contribution is 2.63. The van der Waals surface area contributed by atoms with Gasteiger partial charge in [-0.15, -0.1) is 0 Å². The van der Waals surface area contributed by atoms with Crippen LogP contribution in [0.1, 0.15) is 17.7 Å². The molecular weight excluding hydrogens is 478 g/mol. The minimum atomic E-state index is -3.50. The second-order valence-corrected chi connectivity index (χ2v) is 10.2. The third-order valence-corrected chi connectivity index (χ3v) is 7.83. The number of alkyl halides is 2. The first-order chi connectivity index (χ1) is 16.6. The molecule has 1 aliphatic carbocycles. The standard InChI is InChI=1S/C23H18F2N6O3S/c1-30-21-6-14(3-5-20(21)31(35(30,32)33)13-16-8-23(16,24)25)19-7-18(4-2-15(19)9-26)34-22-12-28-11-17(10-27)29-22/h2-7,11-12,16,32-33H,8,13H2,1H3. The summed E-state index contributed by atoms with van der Waals surface area (Å²) in [4.78, 5) is 7.93. The first-order valence-corrected chi connectivity index (χ1v) is 11.9. The van der Waals surface area contributed by atoms with Crippen molar-refractivity contribution in [1.29, 1.82) is 10.5 Å². The molecule has 1 saturated carbocycles. The molecule has 9 nitrogen and oxygen atoms in total. The molecule has 178 valence electrons. The minimum Gasteiger partial charge on any atom is -0.437 e. The van der Waals surface area contributed by atoms with Gasteiger partial charge in [0.1, 0.15) is 11.8 Å². The van der Waals surface area contributed by atoms with Crippen molar-refractivity contribution in [1.82, 2.24) is 9.97 Å². The molecule has 2 heterocycles. The Hall–Kier alpha value is -3.97. The van der Waals surface area contributed by atoms with E-state index >= 15 is 0 Å². The molecule has 12 heteroatoms. The zero-order valence-electron chi connectivity index (χ0n) is 18.3. The Labute approximate surface area is 201 Å². The highest BCUT2D eigenvalue weighted by Gasteiger charge is 2.59. The Morgan fingerprint density at radius 2 is 1.91 bits per heavy atom. The lowest BCUT2D eigenvalue weighted by atomic mass is 9.99. The van der Waals surface area contributed by atoms with E-state index in [2.05, 4.69) is 16.0 Å². The average molecular weight is 496 g/mol. The maximum atomic E-state index is 13.5. The number of benzene rings is 2. The summed E-state index contributed by atoms with van der Waals surface area (Å²) in [6.07, 6.45) is 2.37. The largest absolute Gasteiger partial charge is 0.437 e. The van der Waals surface area contributed by atoms with Crippen molar-refractivity contribution >= 4 is 22.3 Å². The van der Waals surface area contributed by atoms with Crippen LogP contribution in [0.15, 0.2) is 48.8 Å². The van der Waals surface area contributed by atoms with Crippen LogP contribution >= 0.6 is 11.0 Å². The van der Waals surface area contributed by atoms with Crippen molar-refractivity contribution in [3.8, 4) is 34.9 Å². The summed E-state index contributed by atoms with van der Waals surface area (Å²) in [5.74, 6) is -3.28. The van der Waals surface area contributed by atoms with E-state index in [-0.39, 0.29) is 24.5 Å². The predicted octanol–water partition coefficient (Wildman–Crippen LogP) is 5.17. The Morgan fingerprint density at radius 3 is 2.60 bits per heavy atom. The van der Waals surface area contributed by atoms with Crippen molar-refractivity contribution in [2.45, 2.75) is 12.3 Å². The average Bonchev–Trinajstić information content (AvgIpc) is 3.41. The molecule has 0 saturated heterocycles. The van der Waals surface area contributed by atoms with E-state index in [1.165, 1.54) is 28.1 Å². The first-order valence-electron chi connectivity index (χ1n) is 10.4. The van der Waals surface area contributed by atoms with E-state index < -0.39 is 22.8 Å². The molecular formula is C23H18F2N6O3S. The van der Waals surface area contributed by atoms with Crippen LogP contribution in [0, 0.1) is 28.6 Å². The Morgan fingerprint density at radius 1 is 1.14 bits per heavy atom. The molecule has 1 aromatic heterocycles. The predicted molar refractivity (Wildman–Crippen MR) is 125 cm³/mol. The molecule has 0 radical (unpaired) electrons. The number of nitrogens with zero attached hydrogens (tertiary/aromatic N) is 6. The summed E-state index contributed by atoms with van der Waals surface area (Å²) in [6, 6.07) is 13.8. The fourth-order valence-electron chi connectivity index (χ4n) is 3.93. The number of fused-ring (bicyclic) bond motifs is 1. The van der Waals surface area contributed by atoms with Crippen molar-refractivity contribution < 1.29 is 22.6 Å². The molecule has 2 N–H and O–H groups in total. The molecule has 1 unspecified atom stereocenters. The SMILES string of the molecule is CN1c2cc(-c3cc(Oc4cncc(C#N)n4)ccc3C#N)ccc2N(CC2CC2(F)F)S1(O)O. The smallest absolute Gasteiger partial charge is 0.253 e. The number of hydrogen-bond donors (Lipinski definition) is 2. The zero-order valence-corrected chi connectivity index (χ0v) is 19.1. The highest BCUT2D eigenvalue weighted by molar-refractivity contribution is 8.26. The number of anilines is 2. The van der Waals surface area contributed by atoms with Crippen molar-refractivity contribution in [2.75, 3.05) is 22.2 Å². The van der Waals surface area contributed by atoms with Crippen molar-refractivity contribution in [2.24, 2.45) is 5.92 Å². The van der Waals surface area contributed by atoms with Gasteiger partial charge in [-0.05, 0) is 46.9 Å². The van der Waals surface area contributed by atoms with Crippen LogP contribution in [0.2, 0.25) is 0 Å². The number of nitriles is 2. The molecule has 0 spiro atoms. The van der Waals surface area contributed by atoms with Crippen LogP contribution in [-0.2, 0) is 0 Å². The van der Waals surface area contributed by atoms with Crippen molar-refractivity contribution in [3.63, 3.8) is 0 Å². The van der Waals surface area contributed by atoms with Crippen molar-refractivity contribution in [3.05, 3.63) is 60.0 Å². The minimum absolute atomic E-state index is 0.0885. The van der Waals surface area contributed by atoms with Gasteiger partial charge in [-0.25, -0.2) is 8.78 Å². The Kier molecular flexibility index (Phi) is 5.25. The van der Waals surface area contributed by atoms with Crippen LogP contribution in [0.3, 0.4) is 0 Å². The van der Waals surface area contributed by atoms with Crippen LogP contribution in [0.4, 0.5) is 20.2 Å². The molecule has 3 aromatic rings. The molecule has 2 aromatic carbocycles. The van der Waals surface area contributed by atoms with Gasteiger partial charge in [0, 0.05) is 31.5 Å². The van der Waals surface area contributed by atoms with Crippen LogP contribution < -0.4 is 13.3 Å².